The lowest BCUT2D eigenvalue weighted by Crippen LogP contribution is -2.66. The first-order valence-electron chi connectivity index (χ1n) is 12.3. The van der Waals surface area contributed by atoms with E-state index in [4.69, 9.17) is 8.85 Å². The van der Waals surface area contributed by atoms with Gasteiger partial charge < -0.3 is 8.85 Å². The lowest BCUT2D eigenvalue weighted by Gasteiger charge is -2.55. The molecule has 0 heterocycles. The number of carbonyl (C=O) groups is 2. The molecule has 1 saturated carbocycles. The summed E-state index contributed by atoms with van der Waals surface area (Å²) in [6, 6.07) is 0. The minimum absolute atomic E-state index is 0.160. The second-order valence-corrected chi connectivity index (χ2v) is 23.0. The maximum atomic E-state index is 16.8. The molecule has 0 unspecified atom stereocenters. The van der Waals surface area contributed by atoms with Crippen LogP contribution in [0, 0.1) is 17.8 Å². The maximum absolute atomic E-state index is 16.8. The van der Waals surface area contributed by atoms with Crippen molar-refractivity contribution in [1.82, 2.24) is 0 Å². The van der Waals surface area contributed by atoms with Gasteiger partial charge in [0.05, 0.1) is 13.2 Å². The van der Waals surface area contributed by atoms with Crippen molar-refractivity contribution in [2.45, 2.75) is 95.6 Å². The predicted molar refractivity (Wildman–Crippen MR) is 136 cm³/mol. The first-order valence-corrected chi connectivity index (χ1v) is 18.1. The molecule has 0 aromatic carbocycles. The predicted octanol–water partition coefficient (Wildman–Crippen LogP) is 6.35. The van der Waals surface area contributed by atoms with E-state index in [9.17, 15) is 9.59 Å². The second kappa shape index (κ2) is 8.28. The summed E-state index contributed by atoms with van der Waals surface area (Å²) in [5.74, 6) is -3.89. The zero-order chi connectivity index (χ0) is 26.1. The van der Waals surface area contributed by atoms with Gasteiger partial charge in [-0.1, -0.05) is 53.7 Å². The Hall–Kier alpha value is -0.966. The van der Waals surface area contributed by atoms with Crippen molar-refractivity contribution < 1.29 is 27.2 Å². The van der Waals surface area contributed by atoms with Gasteiger partial charge in [-0.05, 0) is 48.8 Å². The van der Waals surface area contributed by atoms with Crippen LogP contribution in [-0.2, 0) is 18.4 Å². The van der Waals surface area contributed by atoms with Gasteiger partial charge in [-0.3, -0.25) is 9.59 Å². The Morgan fingerprint density at radius 3 is 1.85 bits per heavy atom. The number of ketones is 2. The average molecular weight is 513 g/mol. The van der Waals surface area contributed by atoms with Crippen LogP contribution in [0.1, 0.15) is 48.0 Å². The molecule has 34 heavy (non-hydrogen) atoms. The number of rotatable bonds is 6. The Morgan fingerprint density at radius 2 is 1.38 bits per heavy atom. The molecule has 0 aromatic rings. The van der Waals surface area contributed by atoms with Crippen LogP contribution in [-0.4, -0.2) is 52.8 Å². The highest BCUT2D eigenvalue weighted by Crippen LogP contribution is 2.57. The van der Waals surface area contributed by atoms with Gasteiger partial charge >= 0.3 is 0 Å². The van der Waals surface area contributed by atoms with E-state index in [0.29, 0.717) is 0 Å². The van der Waals surface area contributed by atoms with Gasteiger partial charge in [0.15, 0.2) is 39.5 Å². The highest BCUT2D eigenvalue weighted by atomic mass is 28.4. The van der Waals surface area contributed by atoms with Crippen LogP contribution in [0.4, 0.5) is 8.78 Å². The van der Waals surface area contributed by atoms with Crippen molar-refractivity contribution >= 4 is 28.2 Å². The van der Waals surface area contributed by atoms with Crippen molar-refractivity contribution in [3.05, 3.63) is 23.8 Å². The number of alkyl halides is 2. The number of hydrogen-bond donors (Lipinski definition) is 0. The highest BCUT2D eigenvalue weighted by molar-refractivity contribution is 6.74. The van der Waals surface area contributed by atoms with Gasteiger partial charge in [0.1, 0.15) is 0 Å². The molecule has 0 radical (unpaired) electrons. The molecule has 5 atom stereocenters. The molecule has 4 aliphatic carbocycles. The molecular weight excluding hydrogens is 470 g/mol. The quantitative estimate of drug-likeness (QED) is 0.389. The van der Waals surface area contributed by atoms with Crippen molar-refractivity contribution in [3.63, 3.8) is 0 Å². The molecule has 0 N–H and O–H groups in total. The number of fused-ring (bicyclic) bond motifs is 2. The lowest BCUT2D eigenvalue weighted by atomic mass is 9.51. The Bertz CT molecular complexity index is 928. The van der Waals surface area contributed by atoms with Gasteiger partial charge in [0.2, 0.25) is 0 Å². The SMILES string of the molecule is CC(C)(C)[Si](C)(C)OC[C@]1(F)C(=O)C=C[C@H]2C3=CC[C@@H]([C@H]21)[C@](F)(CO[Si](C)(C)C(C)(C)C)C3=O. The van der Waals surface area contributed by atoms with Crippen molar-refractivity contribution in [3.8, 4) is 0 Å². The van der Waals surface area contributed by atoms with Gasteiger partial charge in [-0.15, -0.1) is 0 Å². The van der Waals surface area contributed by atoms with Crippen molar-refractivity contribution in [2.24, 2.45) is 17.8 Å². The maximum Gasteiger partial charge on any atom is 0.198 e. The molecule has 4 nitrogen and oxygen atoms in total. The summed E-state index contributed by atoms with van der Waals surface area (Å²) in [6.07, 6.45) is 4.75. The molecule has 8 heteroatoms. The van der Waals surface area contributed by atoms with Crippen molar-refractivity contribution in [1.29, 1.82) is 0 Å². The Labute approximate surface area is 205 Å². The summed E-state index contributed by atoms with van der Waals surface area (Å²) < 4.78 is 45.8. The molecule has 0 aromatic heterocycles. The van der Waals surface area contributed by atoms with E-state index in [-0.39, 0.29) is 22.1 Å². The smallest absolute Gasteiger partial charge is 0.198 e. The van der Waals surface area contributed by atoms with Gasteiger partial charge in [-0.2, -0.15) is 0 Å². The third kappa shape index (κ3) is 4.26. The molecule has 0 saturated heterocycles. The van der Waals surface area contributed by atoms with E-state index in [1.807, 2.05) is 67.7 Å². The normalized spacial score (nSPS) is 34.4. The van der Waals surface area contributed by atoms with E-state index < -0.39 is 70.5 Å². The van der Waals surface area contributed by atoms with Crippen LogP contribution in [0.5, 0.6) is 0 Å². The van der Waals surface area contributed by atoms with E-state index >= 15 is 8.78 Å². The Morgan fingerprint density at radius 1 is 0.912 bits per heavy atom. The van der Waals surface area contributed by atoms with Crippen molar-refractivity contribution in [2.75, 3.05) is 13.2 Å². The summed E-state index contributed by atoms with van der Waals surface area (Å²) >= 11 is 0. The number of carbonyl (C=O) groups excluding carboxylic acids is 2. The van der Waals surface area contributed by atoms with Gasteiger partial charge in [0.25, 0.3) is 0 Å². The van der Waals surface area contributed by atoms with Gasteiger partial charge in [0, 0.05) is 23.3 Å². The van der Waals surface area contributed by atoms with E-state index in [0.717, 1.165) is 0 Å². The van der Waals surface area contributed by atoms with Crippen LogP contribution in [0.3, 0.4) is 0 Å². The minimum atomic E-state index is -2.38. The number of Topliss-reactive ketones (excluding diaryl/α,β-unsaturated/α-hetero) is 1. The molecule has 0 spiro atoms. The Kier molecular flexibility index (Phi) is 6.73. The van der Waals surface area contributed by atoms with Gasteiger partial charge in [-0.25, -0.2) is 8.78 Å². The standard InChI is InChI=1S/C26H42F2O4Si2/c1-23(2,3)33(7,8)31-15-25(27)19-13-11-18(22(25)30)17-12-14-20(29)26(28,21(17)19)16-32-34(9,10)24(4,5)6/h11-12,14,17,19,21H,13,15-16H2,1-10H3/t17-,19-,21-,25+,26-/m0/s1. The monoisotopic (exact) mass is 512 g/mol. The second-order valence-electron chi connectivity index (χ2n) is 13.4. The average Bonchev–Trinajstić information content (AvgIpc) is 2.70. The fourth-order valence-electron chi connectivity index (χ4n) is 4.77. The fraction of sp³-hybridized carbons (Fsp3) is 0.769. The zero-order valence-corrected chi connectivity index (χ0v) is 24.5. The molecule has 2 bridgehead atoms. The summed E-state index contributed by atoms with van der Waals surface area (Å²) in [5.41, 5.74) is -4.46. The first-order chi connectivity index (χ1) is 15.2. The summed E-state index contributed by atoms with van der Waals surface area (Å²) in [7, 11) is -4.72. The largest absolute Gasteiger partial charge is 0.413 e. The number of halogens is 2. The lowest BCUT2D eigenvalue weighted by molar-refractivity contribution is -0.159. The summed E-state index contributed by atoms with van der Waals surface area (Å²) in [6.45, 7) is 19.5. The molecule has 1 fully saturated rings. The molecule has 0 amide bonds. The van der Waals surface area contributed by atoms with Crippen LogP contribution >= 0.6 is 0 Å². The molecule has 4 aliphatic rings. The molecule has 4 rings (SSSR count). The first kappa shape index (κ1) is 27.6. The third-order valence-corrected chi connectivity index (χ3v) is 18.2. The summed E-state index contributed by atoms with van der Waals surface area (Å²) in [4.78, 5) is 26.3. The summed E-state index contributed by atoms with van der Waals surface area (Å²) in [5, 5.41) is -0.326. The highest BCUT2D eigenvalue weighted by Gasteiger charge is 2.67. The fourth-order valence-corrected chi connectivity index (χ4v) is 6.78. The minimum Gasteiger partial charge on any atom is -0.413 e. The van der Waals surface area contributed by atoms with E-state index in [1.54, 1.807) is 12.2 Å². The van der Waals surface area contributed by atoms with Crippen LogP contribution < -0.4 is 0 Å². The Balaban J connectivity index is 1.97. The molecule has 0 aliphatic heterocycles. The topological polar surface area (TPSA) is 52.6 Å². The zero-order valence-electron chi connectivity index (χ0n) is 22.5. The molecular formula is C26H42F2O4Si2. The number of hydrogen-bond acceptors (Lipinski definition) is 4. The van der Waals surface area contributed by atoms with E-state index in [2.05, 4.69) is 0 Å². The van der Waals surface area contributed by atoms with Crippen LogP contribution in [0.2, 0.25) is 36.3 Å². The molecule has 192 valence electrons. The number of allylic oxidation sites excluding steroid dienone is 4. The third-order valence-electron chi connectivity index (χ3n) is 9.29. The van der Waals surface area contributed by atoms with E-state index in [1.165, 1.54) is 6.08 Å². The van der Waals surface area contributed by atoms with Crippen LogP contribution in [0.25, 0.3) is 0 Å². The van der Waals surface area contributed by atoms with Crippen LogP contribution in [0.15, 0.2) is 23.8 Å².